The number of rotatable bonds is 4. The molecule has 0 spiro atoms. The first-order valence-corrected chi connectivity index (χ1v) is 6.48. The van der Waals surface area contributed by atoms with Crippen LogP contribution < -0.4 is 5.43 Å². The topological polar surface area (TPSA) is 41.5 Å². The Kier molecular flexibility index (Phi) is 3.85. The average Bonchev–Trinajstić information content (AvgIpc) is 2.90. The minimum absolute atomic E-state index is 0.0877. The van der Waals surface area contributed by atoms with Crippen LogP contribution in [0.5, 0.6) is 0 Å². The second kappa shape index (κ2) is 5.58. The lowest BCUT2D eigenvalue weighted by Crippen LogP contribution is -2.19. The van der Waals surface area contributed by atoms with Gasteiger partial charge in [-0.3, -0.25) is 4.79 Å². The Hall–Kier alpha value is -1.46. The summed E-state index contributed by atoms with van der Waals surface area (Å²) in [5, 5.41) is 7.81. The van der Waals surface area contributed by atoms with Crippen LogP contribution in [0.2, 0.25) is 0 Å². The fraction of sp³-hybridized carbons (Fsp3) is 0.0909. The number of nitrogens with one attached hydrogen (secondary N) is 1. The van der Waals surface area contributed by atoms with Crippen LogP contribution in [-0.4, -0.2) is 12.1 Å². The minimum Gasteiger partial charge on any atom is -0.273 e. The molecule has 5 heteroatoms. The second-order valence-electron chi connectivity index (χ2n) is 3.06. The Bertz CT molecular complexity index is 460. The molecule has 0 saturated carbocycles. The molecule has 0 aliphatic carbocycles. The summed E-state index contributed by atoms with van der Waals surface area (Å²) in [5.41, 5.74) is 2.50. The summed E-state index contributed by atoms with van der Waals surface area (Å²) in [6, 6.07) is 7.76. The Morgan fingerprint density at radius 2 is 2.12 bits per heavy atom. The maximum absolute atomic E-state index is 11.4. The van der Waals surface area contributed by atoms with E-state index < -0.39 is 0 Å². The molecule has 16 heavy (non-hydrogen) atoms. The molecule has 0 unspecified atom stereocenters. The van der Waals surface area contributed by atoms with Gasteiger partial charge in [0.15, 0.2) is 0 Å². The lowest BCUT2D eigenvalue weighted by atomic mass is 10.3. The molecule has 0 radical (unpaired) electrons. The molecule has 0 saturated heterocycles. The monoisotopic (exact) mass is 250 g/mol. The van der Waals surface area contributed by atoms with E-state index in [1.807, 2.05) is 35.0 Å². The van der Waals surface area contributed by atoms with Crippen molar-refractivity contribution in [3.05, 3.63) is 44.8 Å². The summed E-state index contributed by atoms with van der Waals surface area (Å²) in [6.45, 7) is 0. The van der Waals surface area contributed by atoms with E-state index in [-0.39, 0.29) is 5.91 Å². The molecular weight excluding hydrogens is 240 g/mol. The molecule has 3 nitrogen and oxygen atoms in total. The lowest BCUT2D eigenvalue weighted by molar-refractivity contribution is -0.120. The zero-order chi connectivity index (χ0) is 11.2. The van der Waals surface area contributed by atoms with Crippen LogP contribution in [0, 0.1) is 0 Å². The van der Waals surface area contributed by atoms with E-state index in [1.54, 1.807) is 28.9 Å². The van der Waals surface area contributed by atoms with Gasteiger partial charge in [-0.05, 0) is 22.9 Å². The summed E-state index contributed by atoms with van der Waals surface area (Å²) in [4.78, 5) is 13.5. The van der Waals surface area contributed by atoms with Crippen LogP contribution in [0.4, 0.5) is 0 Å². The normalized spacial score (nSPS) is 10.8. The van der Waals surface area contributed by atoms with Gasteiger partial charge in [-0.15, -0.1) is 22.7 Å². The highest BCUT2D eigenvalue weighted by Gasteiger charge is 2.01. The van der Waals surface area contributed by atoms with E-state index in [9.17, 15) is 4.79 Å². The smallest absolute Gasteiger partial charge is 0.245 e. The molecule has 2 rings (SSSR count). The van der Waals surface area contributed by atoms with E-state index in [0.29, 0.717) is 6.42 Å². The summed E-state index contributed by atoms with van der Waals surface area (Å²) in [5.74, 6) is -0.0877. The minimum atomic E-state index is -0.0877. The number of thiophene rings is 2. The Labute approximate surface area is 101 Å². The molecule has 0 aromatic carbocycles. The Balaban J connectivity index is 1.80. The van der Waals surface area contributed by atoms with Crippen molar-refractivity contribution in [2.75, 3.05) is 0 Å². The predicted octanol–water partition coefficient (Wildman–Crippen LogP) is 2.50. The number of hydrazone groups is 1. The largest absolute Gasteiger partial charge is 0.273 e. The molecule has 0 atom stereocenters. The first-order chi connectivity index (χ1) is 7.84. The molecule has 2 aromatic rings. The highest BCUT2D eigenvalue weighted by molar-refractivity contribution is 7.11. The quantitative estimate of drug-likeness (QED) is 0.657. The number of hydrogen-bond acceptors (Lipinski definition) is 4. The standard InChI is InChI=1S/C11H10N2OS2/c14-11(7-9-3-1-5-15-9)13-12-8-10-4-2-6-16-10/h1-6,8H,7H2,(H,13,14)/b12-8+. The third-order valence-electron chi connectivity index (χ3n) is 1.84. The number of hydrogen-bond donors (Lipinski definition) is 1. The highest BCUT2D eigenvalue weighted by atomic mass is 32.1. The van der Waals surface area contributed by atoms with Crippen LogP contribution in [0.25, 0.3) is 0 Å². The second-order valence-corrected chi connectivity index (χ2v) is 5.08. The molecule has 0 aliphatic rings. The Morgan fingerprint density at radius 3 is 2.81 bits per heavy atom. The van der Waals surface area contributed by atoms with E-state index in [0.717, 1.165) is 9.75 Å². The molecular formula is C11H10N2OS2. The fourth-order valence-corrected chi connectivity index (χ4v) is 2.43. The van der Waals surface area contributed by atoms with Crippen LogP contribution in [0.3, 0.4) is 0 Å². The zero-order valence-electron chi connectivity index (χ0n) is 8.42. The van der Waals surface area contributed by atoms with Crippen LogP contribution in [-0.2, 0) is 11.2 Å². The highest BCUT2D eigenvalue weighted by Crippen LogP contribution is 2.08. The fourth-order valence-electron chi connectivity index (χ4n) is 1.14. The average molecular weight is 250 g/mol. The first kappa shape index (κ1) is 11.0. The maximum atomic E-state index is 11.4. The third kappa shape index (κ3) is 3.29. The number of nitrogens with zero attached hydrogens (tertiary/aromatic N) is 1. The van der Waals surface area contributed by atoms with Gasteiger partial charge in [0.05, 0.1) is 12.6 Å². The van der Waals surface area contributed by atoms with Gasteiger partial charge >= 0.3 is 0 Å². The van der Waals surface area contributed by atoms with Crippen molar-refractivity contribution in [3.63, 3.8) is 0 Å². The van der Waals surface area contributed by atoms with Gasteiger partial charge in [0.25, 0.3) is 0 Å². The van der Waals surface area contributed by atoms with Gasteiger partial charge in [-0.25, -0.2) is 5.43 Å². The van der Waals surface area contributed by atoms with Crippen molar-refractivity contribution >= 4 is 34.8 Å². The molecule has 1 N–H and O–H groups in total. The lowest BCUT2D eigenvalue weighted by Gasteiger charge is -1.96. The van der Waals surface area contributed by atoms with Crippen molar-refractivity contribution in [1.29, 1.82) is 0 Å². The van der Waals surface area contributed by atoms with E-state index >= 15 is 0 Å². The molecule has 0 bridgehead atoms. The molecule has 2 heterocycles. The van der Waals surface area contributed by atoms with Crippen molar-refractivity contribution in [3.8, 4) is 0 Å². The number of carbonyl (C=O) groups is 1. The van der Waals surface area contributed by atoms with E-state index in [2.05, 4.69) is 10.5 Å². The van der Waals surface area contributed by atoms with Crippen molar-refractivity contribution in [2.24, 2.45) is 5.10 Å². The number of carbonyl (C=O) groups excluding carboxylic acids is 1. The summed E-state index contributed by atoms with van der Waals surface area (Å²) < 4.78 is 0. The summed E-state index contributed by atoms with van der Waals surface area (Å²) in [7, 11) is 0. The van der Waals surface area contributed by atoms with E-state index in [4.69, 9.17) is 0 Å². The van der Waals surface area contributed by atoms with Crippen molar-refractivity contribution < 1.29 is 4.79 Å². The van der Waals surface area contributed by atoms with Crippen LogP contribution in [0.1, 0.15) is 9.75 Å². The van der Waals surface area contributed by atoms with Crippen LogP contribution >= 0.6 is 22.7 Å². The molecule has 0 aliphatic heterocycles. The zero-order valence-corrected chi connectivity index (χ0v) is 10.1. The number of amides is 1. The van der Waals surface area contributed by atoms with Gasteiger partial charge in [0.1, 0.15) is 0 Å². The summed E-state index contributed by atoms with van der Waals surface area (Å²) >= 11 is 3.15. The molecule has 82 valence electrons. The van der Waals surface area contributed by atoms with Gasteiger partial charge in [0, 0.05) is 9.75 Å². The first-order valence-electron chi connectivity index (χ1n) is 4.72. The van der Waals surface area contributed by atoms with Gasteiger partial charge in [-0.1, -0.05) is 12.1 Å². The molecule has 1 amide bonds. The third-order valence-corrected chi connectivity index (χ3v) is 3.52. The Morgan fingerprint density at radius 1 is 1.31 bits per heavy atom. The van der Waals surface area contributed by atoms with Gasteiger partial charge < -0.3 is 0 Å². The van der Waals surface area contributed by atoms with Crippen LogP contribution in [0.15, 0.2) is 40.1 Å². The van der Waals surface area contributed by atoms with Gasteiger partial charge in [0.2, 0.25) is 5.91 Å². The summed E-state index contributed by atoms with van der Waals surface area (Å²) in [6.07, 6.45) is 2.04. The molecule has 0 fully saturated rings. The van der Waals surface area contributed by atoms with E-state index in [1.165, 1.54) is 0 Å². The molecule has 2 aromatic heterocycles. The SMILES string of the molecule is O=C(Cc1cccs1)N/N=C/c1cccs1. The van der Waals surface area contributed by atoms with Crippen molar-refractivity contribution in [2.45, 2.75) is 6.42 Å². The van der Waals surface area contributed by atoms with Gasteiger partial charge in [-0.2, -0.15) is 5.10 Å². The predicted molar refractivity (Wildman–Crippen MR) is 68.1 cm³/mol. The maximum Gasteiger partial charge on any atom is 0.245 e. The van der Waals surface area contributed by atoms with Crippen molar-refractivity contribution in [1.82, 2.24) is 5.43 Å².